The molecule has 0 unspecified atom stereocenters. The fourth-order valence-electron chi connectivity index (χ4n) is 2.65. The number of H-pyrrole nitrogens is 1. The summed E-state index contributed by atoms with van der Waals surface area (Å²) in [5.41, 5.74) is 0.559. The summed E-state index contributed by atoms with van der Waals surface area (Å²) in [6, 6.07) is 5.71. The molecule has 3 N–H and O–H groups in total. The number of benzene rings is 1. The molecule has 9 nitrogen and oxygen atoms in total. The standard InChI is InChI=1S/C18H25N5O4S/c1-4-10-23(11-5-2)28(26,27)14-8-6-13(7-9-14)17(24)21-15-12-20-22-16(15)18(25)19-3/h6-9,12H,4-5,10-11H2,1-3H3,(H,19,25)(H,20,22)(H,21,24). The Kier molecular flexibility index (Phi) is 7.30. The lowest BCUT2D eigenvalue weighted by atomic mass is 10.2. The zero-order valence-electron chi connectivity index (χ0n) is 16.2. The third kappa shape index (κ3) is 4.76. The van der Waals surface area contributed by atoms with Crippen LogP contribution in [-0.4, -0.2) is 54.9 Å². The monoisotopic (exact) mass is 407 g/mol. The van der Waals surface area contributed by atoms with Crippen LogP contribution in [0.5, 0.6) is 0 Å². The van der Waals surface area contributed by atoms with Gasteiger partial charge in [-0.25, -0.2) is 8.42 Å². The van der Waals surface area contributed by atoms with Gasteiger partial charge in [-0.05, 0) is 37.1 Å². The highest BCUT2D eigenvalue weighted by Crippen LogP contribution is 2.19. The first-order chi connectivity index (χ1) is 13.3. The van der Waals surface area contributed by atoms with Gasteiger partial charge in [0.05, 0.1) is 10.6 Å². The molecule has 0 radical (unpaired) electrons. The SMILES string of the molecule is CCCN(CCC)S(=O)(=O)c1ccc(C(=O)Nc2c[nH]nc2C(=O)NC)cc1. The lowest BCUT2D eigenvalue weighted by molar-refractivity contribution is 0.0959. The van der Waals surface area contributed by atoms with E-state index in [1.807, 2.05) is 13.8 Å². The number of hydrogen-bond acceptors (Lipinski definition) is 5. The Labute approximate surface area is 164 Å². The summed E-state index contributed by atoms with van der Waals surface area (Å²) in [5, 5.41) is 11.3. The molecule has 10 heteroatoms. The highest BCUT2D eigenvalue weighted by atomic mass is 32.2. The fourth-order valence-corrected chi connectivity index (χ4v) is 4.27. The molecule has 1 heterocycles. The van der Waals surface area contributed by atoms with Crippen molar-refractivity contribution in [2.75, 3.05) is 25.5 Å². The van der Waals surface area contributed by atoms with Crippen molar-refractivity contribution < 1.29 is 18.0 Å². The molecule has 1 aromatic carbocycles. The Morgan fingerprint density at radius 1 is 1.07 bits per heavy atom. The van der Waals surface area contributed by atoms with Crippen LogP contribution in [0, 0.1) is 0 Å². The van der Waals surface area contributed by atoms with Crippen LogP contribution in [0.2, 0.25) is 0 Å². The third-order valence-corrected chi connectivity index (χ3v) is 5.94. The van der Waals surface area contributed by atoms with Crippen molar-refractivity contribution in [2.24, 2.45) is 0 Å². The highest BCUT2D eigenvalue weighted by Gasteiger charge is 2.23. The number of carbonyl (C=O) groups excluding carboxylic acids is 2. The average Bonchev–Trinajstić information content (AvgIpc) is 3.15. The molecule has 152 valence electrons. The Morgan fingerprint density at radius 2 is 1.68 bits per heavy atom. The molecule has 1 aromatic heterocycles. The van der Waals surface area contributed by atoms with E-state index in [4.69, 9.17) is 0 Å². The van der Waals surface area contributed by atoms with Gasteiger partial charge in [0.2, 0.25) is 10.0 Å². The quantitative estimate of drug-likeness (QED) is 0.585. The molecular formula is C18H25N5O4S. The predicted octanol–water partition coefficient (Wildman–Crippen LogP) is 1.83. The minimum Gasteiger partial charge on any atom is -0.354 e. The molecule has 0 atom stereocenters. The van der Waals surface area contributed by atoms with Gasteiger partial charge in [-0.2, -0.15) is 9.40 Å². The Hall–Kier alpha value is -2.72. The number of rotatable bonds is 9. The largest absolute Gasteiger partial charge is 0.354 e. The van der Waals surface area contributed by atoms with Crippen LogP contribution in [0.15, 0.2) is 35.4 Å². The molecule has 2 rings (SSSR count). The molecule has 0 bridgehead atoms. The zero-order valence-corrected chi connectivity index (χ0v) is 17.0. The van der Waals surface area contributed by atoms with Crippen LogP contribution in [0.3, 0.4) is 0 Å². The number of amides is 2. The second-order valence-corrected chi connectivity index (χ2v) is 8.05. The van der Waals surface area contributed by atoms with Gasteiger partial charge in [-0.1, -0.05) is 13.8 Å². The topological polar surface area (TPSA) is 124 Å². The minimum atomic E-state index is -3.61. The molecule has 0 saturated carbocycles. The number of hydrogen-bond donors (Lipinski definition) is 3. The molecular weight excluding hydrogens is 382 g/mol. The summed E-state index contributed by atoms with van der Waals surface area (Å²) >= 11 is 0. The van der Waals surface area contributed by atoms with Gasteiger partial charge < -0.3 is 10.6 Å². The first kappa shape index (κ1) is 21.6. The maximum Gasteiger partial charge on any atom is 0.273 e. The second-order valence-electron chi connectivity index (χ2n) is 6.11. The lowest BCUT2D eigenvalue weighted by Gasteiger charge is -2.21. The van der Waals surface area contributed by atoms with Crippen molar-refractivity contribution in [3.05, 3.63) is 41.7 Å². The van der Waals surface area contributed by atoms with E-state index >= 15 is 0 Å². The van der Waals surface area contributed by atoms with E-state index in [1.54, 1.807) is 0 Å². The van der Waals surface area contributed by atoms with Crippen molar-refractivity contribution in [3.8, 4) is 0 Å². The molecule has 2 aromatic rings. The number of aromatic amines is 1. The number of sulfonamides is 1. The Balaban J connectivity index is 2.19. The van der Waals surface area contributed by atoms with E-state index < -0.39 is 21.8 Å². The summed E-state index contributed by atoms with van der Waals surface area (Å²) in [4.78, 5) is 24.3. The Morgan fingerprint density at radius 3 is 2.21 bits per heavy atom. The van der Waals surface area contributed by atoms with Crippen molar-refractivity contribution in [1.29, 1.82) is 0 Å². The third-order valence-electron chi connectivity index (χ3n) is 4.03. The van der Waals surface area contributed by atoms with Crippen molar-refractivity contribution in [3.63, 3.8) is 0 Å². The lowest BCUT2D eigenvalue weighted by Crippen LogP contribution is -2.32. The summed E-state index contributed by atoms with van der Waals surface area (Å²) in [5.74, 6) is -0.917. The van der Waals surface area contributed by atoms with Gasteiger partial charge in [0.25, 0.3) is 11.8 Å². The number of nitrogens with one attached hydrogen (secondary N) is 3. The second kappa shape index (κ2) is 9.47. The summed E-state index contributed by atoms with van der Waals surface area (Å²) in [6.07, 6.45) is 2.84. The van der Waals surface area contributed by atoms with Gasteiger partial charge in [-0.15, -0.1) is 0 Å². The normalized spacial score (nSPS) is 11.4. The maximum atomic E-state index is 12.8. The smallest absolute Gasteiger partial charge is 0.273 e. The van der Waals surface area contributed by atoms with Crippen LogP contribution >= 0.6 is 0 Å². The summed E-state index contributed by atoms with van der Waals surface area (Å²) in [7, 11) is -2.14. The number of carbonyl (C=O) groups is 2. The maximum absolute atomic E-state index is 12.8. The van der Waals surface area contributed by atoms with Gasteiger partial charge in [0.15, 0.2) is 5.69 Å². The molecule has 0 aliphatic carbocycles. The van der Waals surface area contributed by atoms with Crippen molar-refractivity contribution in [2.45, 2.75) is 31.6 Å². The summed E-state index contributed by atoms with van der Waals surface area (Å²) < 4.78 is 27.0. The average molecular weight is 407 g/mol. The van der Waals surface area contributed by atoms with Gasteiger partial charge in [0, 0.05) is 31.9 Å². The Bertz CT molecular complexity index is 916. The predicted molar refractivity (Wildman–Crippen MR) is 106 cm³/mol. The molecule has 0 saturated heterocycles. The molecule has 0 aliphatic rings. The van der Waals surface area contributed by atoms with Gasteiger partial charge >= 0.3 is 0 Å². The van der Waals surface area contributed by atoms with Crippen LogP contribution < -0.4 is 10.6 Å². The molecule has 2 amide bonds. The zero-order chi connectivity index (χ0) is 20.7. The molecule has 28 heavy (non-hydrogen) atoms. The van der Waals surface area contributed by atoms with Crippen molar-refractivity contribution in [1.82, 2.24) is 19.8 Å². The summed E-state index contributed by atoms with van der Waals surface area (Å²) in [6.45, 7) is 4.74. The molecule has 0 fully saturated rings. The molecule has 0 spiro atoms. The van der Waals surface area contributed by atoms with Gasteiger partial charge in [0.1, 0.15) is 0 Å². The van der Waals surface area contributed by atoms with E-state index in [-0.39, 0.29) is 21.8 Å². The van der Waals surface area contributed by atoms with Crippen LogP contribution in [-0.2, 0) is 10.0 Å². The van der Waals surface area contributed by atoms with E-state index in [2.05, 4.69) is 20.8 Å². The number of anilines is 1. The number of aromatic nitrogens is 2. The first-order valence-corrected chi connectivity index (χ1v) is 10.5. The molecule has 0 aliphatic heterocycles. The van der Waals surface area contributed by atoms with Crippen LogP contribution in [0.1, 0.15) is 47.5 Å². The highest BCUT2D eigenvalue weighted by molar-refractivity contribution is 7.89. The van der Waals surface area contributed by atoms with Crippen molar-refractivity contribution >= 4 is 27.5 Å². The minimum absolute atomic E-state index is 0.0600. The van der Waals surface area contributed by atoms with Gasteiger partial charge in [-0.3, -0.25) is 14.7 Å². The van der Waals surface area contributed by atoms with E-state index in [0.29, 0.717) is 13.1 Å². The number of nitrogens with zero attached hydrogens (tertiary/aromatic N) is 2. The first-order valence-electron chi connectivity index (χ1n) is 9.02. The van der Waals surface area contributed by atoms with Crippen LogP contribution in [0.25, 0.3) is 0 Å². The fraction of sp³-hybridized carbons (Fsp3) is 0.389. The van der Waals surface area contributed by atoms with Crippen LogP contribution in [0.4, 0.5) is 5.69 Å². The van der Waals surface area contributed by atoms with E-state index in [1.165, 1.54) is 41.8 Å². The van der Waals surface area contributed by atoms with E-state index in [9.17, 15) is 18.0 Å². The van der Waals surface area contributed by atoms with E-state index in [0.717, 1.165) is 12.8 Å².